The van der Waals surface area contributed by atoms with Crippen molar-refractivity contribution in [3.8, 4) is 5.75 Å². The van der Waals surface area contributed by atoms with Gasteiger partial charge in [0.2, 0.25) is 5.91 Å². The summed E-state index contributed by atoms with van der Waals surface area (Å²) in [6.45, 7) is 2.66. The fourth-order valence-corrected chi connectivity index (χ4v) is 5.65. The molecular weight excluding hydrogens is 520 g/mol. The summed E-state index contributed by atoms with van der Waals surface area (Å²) >= 11 is 0. The van der Waals surface area contributed by atoms with E-state index in [1.165, 1.54) is 32.1 Å². The largest absolute Gasteiger partial charge is 0.494 e. The zero-order valence-corrected chi connectivity index (χ0v) is 23.9. The van der Waals surface area contributed by atoms with Crippen LogP contribution in [0.15, 0.2) is 48.5 Å². The number of ketones is 1. The Labute approximate surface area is 242 Å². The molecule has 1 aliphatic carbocycles. The summed E-state index contributed by atoms with van der Waals surface area (Å²) in [4.78, 5) is 52.1. The molecule has 2 aromatic rings. The Balaban J connectivity index is 1.18. The van der Waals surface area contributed by atoms with Crippen molar-refractivity contribution in [1.82, 2.24) is 9.80 Å². The number of ether oxygens (including phenoxy) is 1. The summed E-state index contributed by atoms with van der Waals surface area (Å²) in [6, 6.07) is 15.1. The molecule has 2 aromatic carbocycles. The number of benzene rings is 2. The number of amides is 2. The first-order valence-electron chi connectivity index (χ1n) is 15.0. The molecule has 0 spiro atoms. The molecule has 0 aromatic heterocycles. The minimum atomic E-state index is -0.962. The van der Waals surface area contributed by atoms with Crippen LogP contribution in [-0.2, 0) is 27.2 Å². The lowest BCUT2D eigenvalue weighted by Gasteiger charge is -2.35. The van der Waals surface area contributed by atoms with Crippen LogP contribution in [0.3, 0.4) is 0 Å². The van der Waals surface area contributed by atoms with E-state index in [0.717, 1.165) is 29.2 Å². The molecule has 2 fully saturated rings. The molecule has 41 heavy (non-hydrogen) atoms. The Morgan fingerprint density at radius 3 is 2.20 bits per heavy atom. The molecule has 1 aliphatic heterocycles. The second-order valence-electron chi connectivity index (χ2n) is 11.3. The molecule has 0 bridgehead atoms. The number of Topliss-reactive ketones (excluding diaryl/α,β-unsaturated/α-hetero) is 1. The lowest BCUT2D eigenvalue weighted by molar-refractivity contribution is -0.138. The van der Waals surface area contributed by atoms with Gasteiger partial charge in [-0.2, -0.15) is 0 Å². The molecule has 1 heterocycles. The van der Waals surface area contributed by atoms with Gasteiger partial charge >= 0.3 is 5.97 Å². The SMILES string of the molecule is O=C(O)CCC(=O)CCc1ccc(CC(=O)N2CCN(C(=O)c3cccc(OCCC4CCCCC4)c3)CC2)cc1. The second-order valence-corrected chi connectivity index (χ2v) is 11.3. The number of carbonyl (C=O) groups excluding carboxylic acids is 3. The van der Waals surface area contributed by atoms with Gasteiger partial charge < -0.3 is 19.6 Å². The van der Waals surface area contributed by atoms with E-state index in [0.29, 0.717) is 51.2 Å². The molecule has 1 saturated heterocycles. The van der Waals surface area contributed by atoms with Crippen LogP contribution in [0.1, 0.15) is 79.3 Å². The molecule has 2 amide bonds. The van der Waals surface area contributed by atoms with Gasteiger partial charge in [-0.1, -0.05) is 62.4 Å². The van der Waals surface area contributed by atoms with Crippen molar-refractivity contribution in [2.45, 2.75) is 70.6 Å². The lowest BCUT2D eigenvalue weighted by atomic mass is 9.87. The van der Waals surface area contributed by atoms with Crippen molar-refractivity contribution >= 4 is 23.6 Å². The fourth-order valence-electron chi connectivity index (χ4n) is 5.65. The Bertz CT molecular complexity index is 1180. The number of piperazine rings is 1. The smallest absolute Gasteiger partial charge is 0.303 e. The highest BCUT2D eigenvalue weighted by Crippen LogP contribution is 2.26. The van der Waals surface area contributed by atoms with Gasteiger partial charge in [-0.25, -0.2) is 0 Å². The van der Waals surface area contributed by atoms with E-state index in [2.05, 4.69) is 0 Å². The molecule has 1 N–H and O–H groups in total. The number of carboxylic acid groups (broad SMARTS) is 1. The van der Waals surface area contributed by atoms with Crippen molar-refractivity contribution in [1.29, 1.82) is 0 Å². The Hall–Kier alpha value is -3.68. The molecule has 8 heteroatoms. The van der Waals surface area contributed by atoms with Crippen molar-refractivity contribution in [2.75, 3.05) is 32.8 Å². The van der Waals surface area contributed by atoms with Crippen molar-refractivity contribution in [3.05, 3.63) is 65.2 Å². The van der Waals surface area contributed by atoms with Gasteiger partial charge in [0.1, 0.15) is 11.5 Å². The van der Waals surface area contributed by atoms with E-state index in [4.69, 9.17) is 9.84 Å². The topological polar surface area (TPSA) is 104 Å². The van der Waals surface area contributed by atoms with Gasteiger partial charge in [-0.05, 0) is 48.1 Å². The van der Waals surface area contributed by atoms with E-state index in [-0.39, 0.29) is 36.9 Å². The first kappa shape index (κ1) is 30.3. The standard InChI is InChI=1S/C33H42N2O6/c36-29(15-16-32(38)39)14-13-26-9-11-27(12-10-26)23-31(37)34-18-20-35(21-19-34)33(40)28-7-4-8-30(24-28)41-22-17-25-5-2-1-3-6-25/h4,7-12,24-25H,1-3,5-6,13-23H2,(H,38,39). The zero-order chi connectivity index (χ0) is 29.0. The monoisotopic (exact) mass is 562 g/mol. The maximum Gasteiger partial charge on any atom is 0.303 e. The summed E-state index contributed by atoms with van der Waals surface area (Å²) < 4.78 is 5.98. The molecule has 1 saturated carbocycles. The van der Waals surface area contributed by atoms with Crippen LogP contribution in [0.5, 0.6) is 5.75 Å². The van der Waals surface area contributed by atoms with E-state index in [1.54, 1.807) is 4.90 Å². The van der Waals surface area contributed by atoms with E-state index in [1.807, 2.05) is 53.4 Å². The second kappa shape index (κ2) is 15.4. The van der Waals surface area contributed by atoms with Crippen LogP contribution in [0.25, 0.3) is 0 Å². The number of carboxylic acids is 1. The van der Waals surface area contributed by atoms with Crippen LogP contribution >= 0.6 is 0 Å². The maximum atomic E-state index is 13.2. The number of aryl methyl sites for hydroxylation is 1. The molecule has 0 atom stereocenters. The first-order chi connectivity index (χ1) is 19.9. The third kappa shape index (κ3) is 9.73. The molecule has 0 unspecified atom stereocenters. The van der Waals surface area contributed by atoms with Crippen LogP contribution in [-0.4, -0.2) is 71.3 Å². The first-order valence-corrected chi connectivity index (χ1v) is 15.0. The number of rotatable bonds is 13. The third-order valence-electron chi connectivity index (χ3n) is 8.21. The molecule has 220 valence electrons. The van der Waals surface area contributed by atoms with Gasteiger partial charge in [0, 0.05) is 44.6 Å². The predicted molar refractivity (Wildman–Crippen MR) is 156 cm³/mol. The summed E-state index contributed by atoms with van der Waals surface area (Å²) in [7, 11) is 0. The van der Waals surface area contributed by atoms with Crippen LogP contribution in [0.4, 0.5) is 0 Å². The highest BCUT2D eigenvalue weighted by Gasteiger charge is 2.25. The van der Waals surface area contributed by atoms with Gasteiger partial charge in [0.05, 0.1) is 19.4 Å². The quantitative estimate of drug-likeness (QED) is 0.371. The van der Waals surface area contributed by atoms with Crippen molar-refractivity contribution < 1.29 is 29.0 Å². The number of aliphatic carboxylic acids is 1. The Kier molecular flexibility index (Phi) is 11.3. The summed E-state index contributed by atoms with van der Waals surface area (Å²) in [5, 5.41) is 8.69. The van der Waals surface area contributed by atoms with Crippen LogP contribution < -0.4 is 4.74 Å². The summed E-state index contributed by atoms with van der Waals surface area (Å²) in [5.74, 6) is 0.461. The fraction of sp³-hybridized carbons (Fsp3) is 0.515. The van der Waals surface area contributed by atoms with Crippen LogP contribution in [0, 0.1) is 5.92 Å². The minimum absolute atomic E-state index is 0.0297. The minimum Gasteiger partial charge on any atom is -0.494 e. The highest BCUT2D eigenvalue weighted by atomic mass is 16.5. The summed E-state index contributed by atoms with van der Waals surface area (Å²) in [5.41, 5.74) is 2.49. The van der Waals surface area contributed by atoms with E-state index in [9.17, 15) is 19.2 Å². The number of nitrogens with zero attached hydrogens (tertiary/aromatic N) is 2. The van der Waals surface area contributed by atoms with Gasteiger partial charge in [-0.3, -0.25) is 19.2 Å². The van der Waals surface area contributed by atoms with Gasteiger partial charge in [-0.15, -0.1) is 0 Å². The number of carbonyl (C=O) groups is 4. The number of hydrogen-bond donors (Lipinski definition) is 1. The molecule has 8 nitrogen and oxygen atoms in total. The summed E-state index contributed by atoms with van der Waals surface area (Å²) in [6.07, 6.45) is 8.73. The Morgan fingerprint density at radius 1 is 0.805 bits per heavy atom. The molecule has 0 radical (unpaired) electrons. The average molecular weight is 563 g/mol. The highest BCUT2D eigenvalue weighted by molar-refractivity contribution is 5.94. The molecule has 4 rings (SSSR count). The maximum absolute atomic E-state index is 13.2. The zero-order valence-electron chi connectivity index (χ0n) is 23.9. The van der Waals surface area contributed by atoms with E-state index < -0.39 is 5.97 Å². The predicted octanol–water partition coefficient (Wildman–Crippen LogP) is 4.93. The Morgan fingerprint density at radius 2 is 1.49 bits per heavy atom. The van der Waals surface area contributed by atoms with Crippen molar-refractivity contribution in [3.63, 3.8) is 0 Å². The van der Waals surface area contributed by atoms with Gasteiger partial charge in [0.15, 0.2) is 0 Å². The van der Waals surface area contributed by atoms with Crippen molar-refractivity contribution in [2.24, 2.45) is 5.92 Å². The molecule has 2 aliphatic rings. The number of hydrogen-bond acceptors (Lipinski definition) is 5. The lowest BCUT2D eigenvalue weighted by Crippen LogP contribution is -2.51. The normalized spacial score (nSPS) is 15.9. The average Bonchev–Trinajstić information content (AvgIpc) is 3.00. The van der Waals surface area contributed by atoms with Crippen LogP contribution in [0.2, 0.25) is 0 Å². The molecular formula is C33H42N2O6. The van der Waals surface area contributed by atoms with Gasteiger partial charge in [0.25, 0.3) is 5.91 Å². The van der Waals surface area contributed by atoms with E-state index >= 15 is 0 Å². The third-order valence-corrected chi connectivity index (χ3v) is 8.21.